The number of nitrogens with zero attached hydrogens (tertiary/aromatic N) is 2. The average Bonchev–Trinajstić information content (AvgIpc) is 2.52. The zero-order valence-electron chi connectivity index (χ0n) is 12.8. The summed E-state index contributed by atoms with van der Waals surface area (Å²) in [5.74, 6) is -0.133. The van der Waals surface area contributed by atoms with E-state index in [-0.39, 0.29) is 13.2 Å². The van der Waals surface area contributed by atoms with Gasteiger partial charge in [0.25, 0.3) is 0 Å². The molecule has 1 aromatic heterocycles. The summed E-state index contributed by atoms with van der Waals surface area (Å²) in [5.41, 5.74) is 4.88. The van der Waals surface area contributed by atoms with Gasteiger partial charge in [0.15, 0.2) is 5.96 Å². The lowest BCUT2D eigenvalue weighted by molar-refractivity contribution is -0.139. The van der Waals surface area contributed by atoms with Crippen LogP contribution in [0.3, 0.4) is 0 Å². The number of nitrogens with one attached hydrogen (secondary N) is 1. The first-order chi connectivity index (χ1) is 11.0. The van der Waals surface area contributed by atoms with Gasteiger partial charge in [0, 0.05) is 12.2 Å². The van der Waals surface area contributed by atoms with E-state index in [1.165, 1.54) is 31.5 Å². The van der Waals surface area contributed by atoms with Crippen molar-refractivity contribution in [3.63, 3.8) is 0 Å². The number of halogens is 3. The van der Waals surface area contributed by atoms with Gasteiger partial charge in [-0.3, -0.25) is 0 Å². The number of nitrogens with two attached hydrogens (primary N) is 1. The van der Waals surface area contributed by atoms with E-state index in [1.807, 2.05) is 0 Å². The number of hydrogen-bond donors (Lipinski definition) is 2. The lowest BCUT2D eigenvalue weighted by Crippen LogP contribution is -2.41. The van der Waals surface area contributed by atoms with Gasteiger partial charge < -0.3 is 15.8 Å². The Hall–Kier alpha value is -1.99. The third kappa shape index (κ3) is 5.61. The summed E-state index contributed by atoms with van der Waals surface area (Å²) in [5, 5.41) is 3.13. The maximum Gasteiger partial charge on any atom is 0.421 e. The molecule has 0 atom stereocenters. The fourth-order valence-electron chi connectivity index (χ4n) is 2.53. The number of ether oxygens (including phenoxy) is 1. The second-order valence-electron chi connectivity index (χ2n) is 5.45. The molecule has 0 aromatic carbocycles. The maximum atomic E-state index is 12.8. The summed E-state index contributed by atoms with van der Waals surface area (Å²) in [4.78, 5) is 7.69. The molecule has 1 aliphatic carbocycles. The Morgan fingerprint density at radius 3 is 2.78 bits per heavy atom. The molecule has 1 heterocycles. The molecule has 0 spiro atoms. The maximum absolute atomic E-state index is 12.8. The zero-order chi connectivity index (χ0) is 16.7. The van der Waals surface area contributed by atoms with Crippen molar-refractivity contribution in [2.45, 2.75) is 44.3 Å². The lowest BCUT2D eigenvalue weighted by Gasteiger charge is -2.23. The highest BCUT2D eigenvalue weighted by molar-refractivity contribution is 5.78. The van der Waals surface area contributed by atoms with Crippen LogP contribution in [0.5, 0.6) is 5.88 Å². The molecule has 1 fully saturated rings. The van der Waals surface area contributed by atoms with Gasteiger partial charge in [-0.05, 0) is 25.0 Å². The highest BCUT2D eigenvalue weighted by atomic mass is 19.4. The molecule has 2 rings (SSSR count). The molecule has 0 saturated heterocycles. The molecule has 128 valence electrons. The third-order valence-corrected chi connectivity index (χ3v) is 3.65. The van der Waals surface area contributed by atoms with Crippen LogP contribution in [0.15, 0.2) is 23.3 Å². The van der Waals surface area contributed by atoms with Gasteiger partial charge in [0.2, 0.25) is 5.88 Å². The predicted molar refractivity (Wildman–Crippen MR) is 81.2 cm³/mol. The number of aromatic nitrogens is 1. The largest absolute Gasteiger partial charge is 0.475 e. The molecule has 0 bridgehead atoms. The molecule has 0 unspecified atom stereocenters. The normalized spacial score (nSPS) is 17.1. The number of aliphatic imine (C=N–C) groups is 1. The molecular formula is C15H21F3N4O. The monoisotopic (exact) mass is 330 g/mol. The minimum Gasteiger partial charge on any atom is -0.475 e. The Kier molecular flexibility index (Phi) is 6.06. The van der Waals surface area contributed by atoms with Gasteiger partial charge in [0.1, 0.15) is 12.2 Å². The molecule has 1 saturated carbocycles. The van der Waals surface area contributed by atoms with Gasteiger partial charge in [-0.15, -0.1) is 0 Å². The zero-order valence-corrected chi connectivity index (χ0v) is 12.8. The molecular weight excluding hydrogens is 309 g/mol. The van der Waals surface area contributed by atoms with Crippen LogP contribution in [0, 0.1) is 0 Å². The van der Waals surface area contributed by atoms with Gasteiger partial charge in [-0.25, -0.2) is 9.98 Å². The quantitative estimate of drug-likeness (QED) is 0.495. The van der Waals surface area contributed by atoms with Crippen molar-refractivity contribution in [3.05, 3.63) is 23.9 Å². The topological polar surface area (TPSA) is 72.5 Å². The summed E-state index contributed by atoms with van der Waals surface area (Å²) in [6.07, 6.45) is 2.49. The van der Waals surface area contributed by atoms with Gasteiger partial charge in [0.05, 0.1) is 6.54 Å². The predicted octanol–water partition coefficient (Wildman–Crippen LogP) is 2.72. The molecule has 0 aliphatic heterocycles. The molecule has 5 nitrogen and oxygen atoms in total. The SMILES string of the molecule is NC(=NCCOc1ncccc1C(F)(F)F)NC1CCCCC1. The van der Waals surface area contributed by atoms with E-state index < -0.39 is 17.6 Å². The smallest absolute Gasteiger partial charge is 0.421 e. The Bertz CT molecular complexity index is 528. The van der Waals surface area contributed by atoms with Gasteiger partial charge in [-0.1, -0.05) is 19.3 Å². The summed E-state index contributed by atoms with van der Waals surface area (Å²) in [6.45, 7) is 0.145. The summed E-state index contributed by atoms with van der Waals surface area (Å²) < 4.78 is 43.4. The first kappa shape index (κ1) is 17.4. The van der Waals surface area contributed by atoms with E-state index in [2.05, 4.69) is 15.3 Å². The lowest BCUT2D eigenvalue weighted by atomic mass is 9.96. The van der Waals surface area contributed by atoms with E-state index in [9.17, 15) is 13.2 Å². The van der Waals surface area contributed by atoms with Crippen LogP contribution in [0.4, 0.5) is 13.2 Å². The molecule has 3 N–H and O–H groups in total. The van der Waals surface area contributed by atoms with Gasteiger partial charge in [-0.2, -0.15) is 13.2 Å². The molecule has 1 aliphatic rings. The van der Waals surface area contributed by atoms with Crippen LogP contribution in [0.25, 0.3) is 0 Å². The van der Waals surface area contributed by atoms with Crippen molar-refractivity contribution < 1.29 is 17.9 Å². The highest BCUT2D eigenvalue weighted by Gasteiger charge is 2.34. The van der Waals surface area contributed by atoms with Crippen LogP contribution in [-0.2, 0) is 6.18 Å². The highest BCUT2D eigenvalue weighted by Crippen LogP contribution is 2.34. The Balaban J connectivity index is 1.79. The van der Waals surface area contributed by atoms with E-state index in [0.717, 1.165) is 18.9 Å². The average molecular weight is 330 g/mol. The molecule has 23 heavy (non-hydrogen) atoms. The Labute approximate surface area is 133 Å². The van der Waals surface area contributed by atoms with Crippen LogP contribution in [0.2, 0.25) is 0 Å². The van der Waals surface area contributed by atoms with E-state index >= 15 is 0 Å². The minimum atomic E-state index is -4.49. The van der Waals surface area contributed by atoms with E-state index in [0.29, 0.717) is 12.0 Å². The van der Waals surface area contributed by atoms with Crippen molar-refractivity contribution in [1.29, 1.82) is 0 Å². The van der Waals surface area contributed by atoms with Crippen molar-refractivity contribution in [3.8, 4) is 5.88 Å². The number of rotatable bonds is 5. The van der Waals surface area contributed by atoms with Crippen molar-refractivity contribution >= 4 is 5.96 Å². The summed E-state index contributed by atoms with van der Waals surface area (Å²) in [7, 11) is 0. The molecule has 1 aromatic rings. The first-order valence-corrected chi connectivity index (χ1v) is 7.68. The van der Waals surface area contributed by atoms with Crippen molar-refractivity contribution in [2.75, 3.05) is 13.2 Å². The van der Waals surface area contributed by atoms with Crippen molar-refractivity contribution in [1.82, 2.24) is 10.3 Å². The first-order valence-electron chi connectivity index (χ1n) is 7.68. The minimum absolute atomic E-state index is 0.0207. The standard InChI is InChI=1S/C15H21F3N4O/c16-15(17,18)12-7-4-8-20-13(12)23-10-9-21-14(19)22-11-5-2-1-3-6-11/h4,7-8,11H,1-3,5-6,9-10H2,(H3,19,21,22). The fraction of sp³-hybridized carbons (Fsp3) is 0.600. The van der Waals surface area contributed by atoms with E-state index in [1.54, 1.807) is 0 Å². The second kappa shape index (κ2) is 8.03. The third-order valence-electron chi connectivity index (χ3n) is 3.65. The summed E-state index contributed by atoms with van der Waals surface area (Å²) in [6, 6.07) is 2.49. The van der Waals surface area contributed by atoms with Gasteiger partial charge >= 0.3 is 6.18 Å². The summed E-state index contributed by atoms with van der Waals surface area (Å²) >= 11 is 0. The number of pyridine rings is 1. The van der Waals surface area contributed by atoms with Crippen LogP contribution in [0.1, 0.15) is 37.7 Å². The number of hydrogen-bond acceptors (Lipinski definition) is 3. The molecule has 0 radical (unpaired) electrons. The fourth-order valence-corrected chi connectivity index (χ4v) is 2.53. The van der Waals surface area contributed by atoms with Crippen molar-refractivity contribution in [2.24, 2.45) is 10.7 Å². The van der Waals surface area contributed by atoms with Crippen LogP contribution in [-0.4, -0.2) is 30.1 Å². The van der Waals surface area contributed by atoms with E-state index in [4.69, 9.17) is 10.5 Å². The Morgan fingerprint density at radius 2 is 2.09 bits per heavy atom. The second-order valence-corrected chi connectivity index (χ2v) is 5.45. The molecule has 8 heteroatoms. The van der Waals surface area contributed by atoms with Crippen LogP contribution >= 0.6 is 0 Å². The number of alkyl halides is 3. The Morgan fingerprint density at radius 1 is 1.35 bits per heavy atom. The van der Waals surface area contributed by atoms with Crippen LogP contribution < -0.4 is 15.8 Å². The molecule has 0 amide bonds. The number of guanidine groups is 1.